The van der Waals surface area contributed by atoms with Crippen LogP contribution in [0.1, 0.15) is 12.5 Å². The molecule has 126 valence electrons. The SMILES string of the molecule is Cc1ccc(NC(=O)C[NH+](C)[C@@H](C)C(=O)Nc2ccccc2)cc1. The highest BCUT2D eigenvalue weighted by atomic mass is 16.2. The van der Waals surface area contributed by atoms with Crippen LogP contribution in [0, 0.1) is 6.92 Å². The quantitative estimate of drug-likeness (QED) is 0.753. The number of para-hydroxylation sites is 1. The smallest absolute Gasteiger partial charge is 0.282 e. The standard InChI is InChI=1S/C19H23N3O2/c1-14-9-11-17(12-10-14)20-18(23)13-22(3)15(2)19(24)21-16-7-5-4-6-8-16/h4-12,15H,13H2,1-3H3,(H,20,23)(H,21,24)/p+1/t15-/m0/s1. The first-order chi connectivity index (χ1) is 11.5. The molecule has 0 saturated heterocycles. The summed E-state index contributed by atoms with van der Waals surface area (Å²) in [4.78, 5) is 25.2. The summed E-state index contributed by atoms with van der Waals surface area (Å²) in [6.07, 6.45) is 0. The molecule has 5 heteroatoms. The van der Waals surface area contributed by atoms with Gasteiger partial charge in [-0.3, -0.25) is 9.59 Å². The van der Waals surface area contributed by atoms with E-state index in [9.17, 15) is 9.59 Å². The Hall–Kier alpha value is -2.66. The number of hydrogen-bond donors (Lipinski definition) is 3. The van der Waals surface area contributed by atoms with Crippen molar-refractivity contribution in [2.24, 2.45) is 0 Å². The van der Waals surface area contributed by atoms with Crippen LogP contribution in [0.2, 0.25) is 0 Å². The van der Waals surface area contributed by atoms with Gasteiger partial charge in [0.15, 0.2) is 12.6 Å². The zero-order chi connectivity index (χ0) is 17.5. The molecule has 24 heavy (non-hydrogen) atoms. The summed E-state index contributed by atoms with van der Waals surface area (Å²) in [5.41, 5.74) is 2.66. The van der Waals surface area contributed by atoms with Gasteiger partial charge in [-0.15, -0.1) is 0 Å². The molecule has 5 nitrogen and oxygen atoms in total. The van der Waals surface area contributed by atoms with Gasteiger partial charge < -0.3 is 15.5 Å². The summed E-state index contributed by atoms with van der Waals surface area (Å²) in [5.74, 6) is -0.224. The number of carbonyl (C=O) groups is 2. The Bertz CT molecular complexity index is 684. The first-order valence-corrected chi connectivity index (χ1v) is 8.00. The van der Waals surface area contributed by atoms with Crippen molar-refractivity contribution in [3.8, 4) is 0 Å². The number of aryl methyl sites for hydroxylation is 1. The molecule has 1 unspecified atom stereocenters. The molecule has 0 aliphatic rings. The van der Waals surface area contributed by atoms with E-state index in [0.717, 1.165) is 21.8 Å². The average Bonchev–Trinajstić information content (AvgIpc) is 2.57. The van der Waals surface area contributed by atoms with E-state index in [1.165, 1.54) is 0 Å². The molecule has 0 aromatic heterocycles. The third kappa shape index (κ3) is 5.21. The maximum atomic E-state index is 12.3. The summed E-state index contributed by atoms with van der Waals surface area (Å²) in [6.45, 7) is 4.03. The van der Waals surface area contributed by atoms with Gasteiger partial charge in [0, 0.05) is 11.4 Å². The van der Waals surface area contributed by atoms with E-state index in [-0.39, 0.29) is 24.4 Å². The molecule has 2 aromatic carbocycles. The number of benzene rings is 2. The van der Waals surface area contributed by atoms with Crippen LogP contribution in [-0.4, -0.2) is 31.4 Å². The van der Waals surface area contributed by atoms with E-state index >= 15 is 0 Å². The topological polar surface area (TPSA) is 62.6 Å². The molecule has 2 aromatic rings. The molecule has 3 N–H and O–H groups in total. The minimum Gasteiger partial charge on any atom is -0.321 e. The number of quaternary nitrogens is 1. The molecular formula is C19H24N3O2+. The number of hydrogen-bond acceptors (Lipinski definition) is 2. The number of rotatable bonds is 6. The maximum Gasteiger partial charge on any atom is 0.282 e. The molecule has 2 atom stereocenters. The van der Waals surface area contributed by atoms with Crippen LogP contribution < -0.4 is 15.5 Å². The molecule has 0 aliphatic heterocycles. The molecule has 0 aliphatic carbocycles. The number of likely N-dealkylation sites (N-methyl/N-ethyl adjacent to an activating group) is 1. The minimum atomic E-state index is -0.339. The fourth-order valence-corrected chi connectivity index (χ4v) is 2.24. The highest BCUT2D eigenvalue weighted by Crippen LogP contribution is 2.08. The lowest BCUT2D eigenvalue weighted by atomic mass is 10.2. The van der Waals surface area contributed by atoms with E-state index in [1.54, 1.807) is 0 Å². The zero-order valence-corrected chi connectivity index (χ0v) is 14.3. The Morgan fingerprint density at radius 2 is 1.54 bits per heavy atom. The Kier molecular flexibility index (Phi) is 6.09. The summed E-state index contributed by atoms with van der Waals surface area (Å²) < 4.78 is 0. The molecule has 0 fully saturated rings. The molecule has 0 radical (unpaired) electrons. The third-order valence-corrected chi connectivity index (χ3v) is 3.95. The van der Waals surface area contributed by atoms with Crippen molar-refractivity contribution in [3.05, 3.63) is 60.2 Å². The van der Waals surface area contributed by atoms with Gasteiger partial charge in [-0.25, -0.2) is 0 Å². The van der Waals surface area contributed by atoms with Crippen LogP contribution >= 0.6 is 0 Å². The number of amides is 2. The molecule has 2 amide bonds. The number of carbonyl (C=O) groups excluding carboxylic acids is 2. The van der Waals surface area contributed by atoms with Crippen LogP contribution in [0.25, 0.3) is 0 Å². The van der Waals surface area contributed by atoms with E-state index in [2.05, 4.69) is 10.6 Å². The first-order valence-electron chi connectivity index (χ1n) is 8.00. The van der Waals surface area contributed by atoms with Gasteiger partial charge in [-0.2, -0.15) is 0 Å². The van der Waals surface area contributed by atoms with E-state index in [1.807, 2.05) is 75.5 Å². The Balaban J connectivity index is 1.86. The molecule has 0 saturated carbocycles. The van der Waals surface area contributed by atoms with Crippen LogP contribution in [0.4, 0.5) is 11.4 Å². The molecular weight excluding hydrogens is 302 g/mol. The fourth-order valence-electron chi connectivity index (χ4n) is 2.24. The fraction of sp³-hybridized carbons (Fsp3) is 0.263. The van der Waals surface area contributed by atoms with Crippen LogP contribution in [0.15, 0.2) is 54.6 Å². The predicted molar refractivity (Wildman–Crippen MR) is 96.1 cm³/mol. The predicted octanol–water partition coefficient (Wildman–Crippen LogP) is 1.48. The van der Waals surface area contributed by atoms with Gasteiger partial charge >= 0.3 is 0 Å². The second-order valence-corrected chi connectivity index (χ2v) is 6.01. The van der Waals surface area contributed by atoms with Gasteiger partial charge in [0.1, 0.15) is 0 Å². The van der Waals surface area contributed by atoms with E-state index < -0.39 is 0 Å². The first kappa shape index (κ1) is 17.7. The number of anilines is 2. The van der Waals surface area contributed by atoms with Gasteiger partial charge in [0.25, 0.3) is 11.8 Å². The number of nitrogens with one attached hydrogen (secondary N) is 3. The van der Waals surface area contributed by atoms with Crippen molar-refractivity contribution < 1.29 is 14.5 Å². The monoisotopic (exact) mass is 326 g/mol. The second-order valence-electron chi connectivity index (χ2n) is 6.01. The lowest BCUT2D eigenvalue weighted by Crippen LogP contribution is -3.14. The second kappa shape index (κ2) is 8.26. The van der Waals surface area contributed by atoms with Crippen LogP contribution in [0.3, 0.4) is 0 Å². The van der Waals surface area contributed by atoms with Crippen molar-refractivity contribution in [1.29, 1.82) is 0 Å². The zero-order valence-electron chi connectivity index (χ0n) is 14.3. The molecule has 0 heterocycles. The summed E-state index contributed by atoms with van der Waals surface area (Å²) >= 11 is 0. The van der Waals surface area contributed by atoms with Crippen molar-refractivity contribution in [2.75, 3.05) is 24.2 Å². The average molecular weight is 326 g/mol. The highest BCUT2D eigenvalue weighted by Gasteiger charge is 2.23. The van der Waals surface area contributed by atoms with Gasteiger partial charge in [-0.05, 0) is 38.1 Å². The highest BCUT2D eigenvalue weighted by molar-refractivity contribution is 5.94. The van der Waals surface area contributed by atoms with Gasteiger partial charge in [-0.1, -0.05) is 35.9 Å². The summed E-state index contributed by atoms with van der Waals surface area (Å²) in [6, 6.07) is 16.6. The minimum absolute atomic E-state index is 0.109. The Morgan fingerprint density at radius 3 is 2.17 bits per heavy atom. The Morgan fingerprint density at radius 1 is 0.958 bits per heavy atom. The van der Waals surface area contributed by atoms with Crippen molar-refractivity contribution >= 4 is 23.2 Å². The van der Waals surface area contributed by atoms with Crippen molar-refractivity contribution in [2.45, 2.75) is 19.9 Å². The Labute approximate surface area is 142 Å². The summed E-state index contributed by atoms with van der Waals surface area (Å²) in [7, 11) is 1.84. The van der Waals surface area contributed by atoms with Crippen molar-refractivity contribution in [3.63, 3.8) is 0 Å². The van der Waals surface area contributed by atoms with Crippen LogP contribution in [-0.2, 0) is 9.59 Å². The largest absolute Gasteiger partial charge is 0.321 e. The lowest BCUT2D eigenvalue weighted by molar-refractivity contribution is -0.885. The normalized spacial score (nSPS) is 13.0. The molecule has 2 rings (SSSR count). The summed E-state index contributed by atoms with van der Waals surface area (Å²) in [5, 5.41) is 5.71. The van der Waals surface area contributed by atoms with Gasteiger partial charge in [0.2, 0.25) is 0 Å². The third-order valence-electron chi connectivity index (χ3n) is 3.95. The van der Waals surface area contributed by atoms with Gasteiger partial charge in [0.05, 0.1) is 7.05 Å². The lowest BCUT2D eigenvalue weighted by Gasteiger charge is -2.20. The van der Waals surface area contributed by atoms with Crippen molar-refractivity contribution in [1.82, 2.24) is 0 Å². The van der Waals surface area contributed by atoms with E-state index in [4.69, 9.17) is 0 Å². The maximum absolute atomic E-state index is 12.3. The molecule has 0 spiro atoms. The van der Waals surface area contributed by atoms with Crippen LogP contribution in [0.5, 0.6) is 0 Å². The molecule has 0 bridgehead atoms. The van der Waals surface area contributed by atoms with E-state index in [0.29, 0.717) is 0 Å².